The quantitative estimate of drug-likeness (QED) is 0.843. The molecule has 0 amide bonds. The number of nitrogen functional groups attached to an aromatic ring is 1. The zero-order valence-corrected chi connectivity index (χ0v) is 12.4. The van der Waals surface area contributed by atoms with Gasteiger partial charge in [-0.05, 0) is 18.2 Å². The van der Waals surface area contributed by atoms with Gasteiger partial charge in [-0.25, -0.2) is 9.78 Å². The van der Waals surface area contributed by atoms with Crippen LogP contribution in [0.2, 0.25) is 5.02 Å². The standard InChI is InChI=1S/C11H8BrClN2O2S/c1-17-11(16)8-9(14)18-10(15-8)6-4-5(13)2-3-7(6)12/h2-4H,14H2,1H3. The van der Waals surface area contributed by atoms with Gasteiger partial charge in [-0.3, -0.25) is 0 Å². The summed E-state index contributed by atoms with van der Waals surface area (Å²) >= 11 is 10.6. The molecule has 18 heavy (non-hydrogen) atoms. The van der Waals surface area contributed by atoms with Gasteiger partial charge in [0.1, 0.15) is 10.0 Å². The Kier molecular flexibility index (Phi) is 3.89. The molecule has 0 radical (unpaired) electrons. The highest BCUT2D eigenvalue weighted by molar-refractivity contribution is 9.10. The third kappa shape index (κ3) is 2.50. The van der Waals surface area contributed by atoms with Crippen molar-refractivity contribution in [3.05, 3.63) is 33.4 Å². The van der Waals surface area contributed by atoms with E-state index in [2.05, 4.69) is 25.7 Å². The van der Waals surface area contributed by atoms with E-state index in [1.807, 2.05) is 6.07 Å². The number of benzene rings is 1. The first-order valence-corrected chi connectivity index (χ1v) is 6.81. The van der Waals surface area contributed by atoms with Gasteiger partial charge in [0.05, 0.1) is 7.11 Å². The molecule has 0 aliphatic heterocycles. The monoisotopic (exact) mass is 346 g/mol. The number of thiazole rings is 1. The van der Waals surface area contributed by atoms with Crippen LogP contribution in [0.25, 0.3) is 10.6 Å². The van der Waals surface area contributed by atoms with Crippen LogP contribution in [0.15, 0.2) is 22.7 Å². The van der Waals surface area contributed by atoms with Crippen molar-refractivity contribution in [1.82, 2.24) is 4.98 Å². The van der Waals surface area contributed by atoms with Crippen LogP contribution in [0.3, 0.4) is 0 Å². The van der Waals surface area contributed by atoms with Gasteiger partial charge in [0.15, 0.2) is 5.69 Å². The number of rotatable bonds is 2. The Morgan fingerprint density at radius 1 is 1.56 bits per heavy atom. The molecule has 7 heteroatoms. The van der Waals surface area contributed by atoms with E-state index in [4.69, 9.17) is 17.3 Å². The maximum atomic E-state index is 11.4. The van der Waals surface area contributed by atoms with Crippen LogP contribution in [0.4, 0.5) is 5.00 Å². The zero-order chi connectivity index (χ0) is 13.3. The molecule has 0 aliphatic rings. The molecule has 4 nitrogen and oxygen atoms in total. The van der Waals surface area contributed by atoms with E-state index < -0.39 is 5.97 Å². The summed E-state index contributed by atoms with van der Waals surface area (Å²) < 4.78 is 5.44. The number of hydrogen-bond donors (Lipinski definition) is 1. The van der Waals surface area contributed by atoms with Crippen molar-refractivity contribution >= 4 is 49.8 Å². The Balaban J connectivity index is 2.52. The largest absolute Gasteiger partial charge is 0.464 e. The number of carbonyl (C=O) groups excluding carboxylic acids is 1. The Hall–Kier alpha value is -1.11. The van der Waals surface area contributed by atoms with Crippen LogP contribution in [-0.4, -0.2) is 18.1 Å². The van der Waals surface area contributed by atoms with Gasteiger partial charge >= 0.3 is 5.97 Å². The zero-order valence-electron chi connectivity index (χ0n) is 9.24. The topological polar surface area (TPSA) is 65.2 Å². The second-order valence-electron chi connectivity index (χ2n) is 3.35. The lowest BCUT2D eigenvalue weighted by atomic mass is 10.2. The van der Waals surface area contributed by atoms with E-state index in [1.54, 1.807) is 12.1 Å². The predicted octanol–water partition coefficient (Wildman–Crippen LogP) is 3.59. The first kappa shape index (κ1) is 13.3. The van der Waals surface area contributed by atoms with E-state index in [9.17, 15) is 4.79 Å². The Labute approximate surface area is 121 Å². The maximum Gasteiger partial charge on any atom is 0.359 e. The van der Waals surface area contributed by atoms with Gasteiger partial charge in [-0.15, -0.1) is 0 Å². The maximum absolute atomic E-state index is 11.4. The fourth-order valence-corrected chi connectivity index (χ4v) is 2.94. The molecular formula is C11H8BrClN2O2S. The first-order valence-electron chi connectivity index (χ1n) is 4.83. The predicted molar refractivity (Wildman–Crippen MR) is 76.0 cm³/mol. The summed E-state index contributed by atoms with van der Waals surface area (Å²) in [6.45, 7) is 0. The summed E-state index contributed by atoms with van der Waals surface area (Å²) in [5, 5.41) is 1.52. The lowest BCUT2D eigenvalue weighted by Gasteiger charge is -2.00. The van der Waals surface area contributed by atoms with Crippen molar-refractivity contribution in [1.29, 1.82) is 0 Å². The van der Waals surface area contributed by atoms with E-state index >= 15 is 0 Å². The molecular weight excluding hydrogens is 340 g/mol. The van der Waals surface area contributed by atoms with E-state index in [0.29, 0.717) is 15.0 Å². The number of methoxy groups -OCH3 is 1. The van der Waals surface area contributed by atoms with E-state index in [0.717, 1.165) is 10.0 Å². The number of esters is 1. The molecule has 0 atom stereocenters. The summed E-state index contributed by atoms with van der Waals surface area (Å²) in [7, 11) is 1.29. The molecule has 0 bridgehead atoms. The average Bonchev–Trinajstić information content (AvgIpc) is 2.73. The smallest absolute Gasteiger partial charge is 0.359 e. The molecule has 2 N–H and O–H groups in total. The SMILES string of the molecule is COC(=O)c1nc(-c2cc(Cl)ccc2Br)sc1N. The highest BCUT2D eigenvalue weighted by atomic mass is 79.9. The first-order chi connectivity index (χ1) is 8.52. The Morgan fingerprint density at radius 2 is 2.28 bits per heavy atom. The van der Waals surface area contributed by atoms with Gasteiger partial charge < -0.3 is 10.5 Å². The Bertz CT molecular complexity index is 615. The third-order valence-corrected chi connectivity index (χ3v) is 4.04. The summed E-state index contributed by atoms with van der Waals surface area (Å²) in [5.41, 5.74) is 6.67. The molecule has 94 valence electrons. The molecule has 0 aliphatic carbocycles. The van der Waals surface area contributed by atoms with Crippen LogP contribution < -0.4 is 5.73 Å². The number of carbonyl (C=O) groups is 1. The van der Waals surface area contributed by atoms with E-state index in [1.165, 1.54) is 18.4 Å². The number of hydrogen-bond acceptors (Lipinski definition) is 5. The molecule has 2 rings (SSSR count). The fourth-order valence-electron chi connectivity index (χ4n) is 1.35. The second-order valence-corrected chi connectivity index (χ2v) is 5.67. The number of ether oxygens (including phenoxy) is 1. The van der Waals surface area contributed by atoms with E-state index in [-0.39, 0.29) is 5.69 Å². The molecule has 2 aromatic rings. The number of aromatic nitrogens is 1. The number of halogens is 2. The molecule has 0 saturated heterocycles. The molecule has 0 spiro atoms. The highest BCUT2D eigenvalue weighted by Crippen LogP contribution is 2.36. The van der Waals surface area contributed by atoms with Crippen molar-refractivity contribution < 1.29 is 9.53 Å². The fraction of sp³-hybridized carbons (Fsp3) is 0.0909. The average molecular weight is 348 g/mol. The lowest BCUT2D eigenvalue weighted by Crippen LogP contribution is -2.04. The minimum atomic E-state index is -0.548. The molecule has 1 aromatic heterocycles. The summed E-state index contributed by atoms with van der Waals surface area (Å²) in [4.78, 5) is 15.6. The van der Waals surface area contributed by atoms with Gasteiger partial charge in [0.25, 0.3) is 0 Å². The van der Waals surface area contributed by atoms with Crippen molar-refractivity contribution in [2.24, 2.45) is 0 Å². The molecule has 0 saturated carbocycles. The number of nitrogens with two attached hydrogens (primary N) is 1. The normalized spacial score (nSPS) is 10.4. The van der Waals surface area contributed by atoms with Crippen LogP contribution in [-0.2, 0) is 4.74 Å². The molecule has 0 fully saturated rings. The number of anilines is 1. The highest BCUT2D eigenvalue weighted by Gasteiger charge is 2.18. The summed E-state index contributed by atoms with van der Waals surface area (Å²) in [6, 6.07) is 5.32. The van der Waals surface area contributed by atoms with Crippen LogP contribution in [0.1, 0.15) is 10.5 Å². The summed E-state index contributed by atoms with van der Waals surface area (Å²) in [6.07, 6.45) is 0. The van der Waals surface area contributed by atoms with Crippen molar-refractivity contribution in [2.75, 3.05) is 12.8 Å². The molecule has 1 aromatic carbocycles. The Morgan fingerprint density at radius 3 is 2.94 bits per heavy atom. The minimum absolute atomic E-state index is 0.129. The van der Waals surface area contributed by atoms with Crippen molar-refractivity contribution in [3.8, 4) is 10.6 Å². The van der Waals surface area contributed by atoms with Gasteiger partial charge in [-0.2, -0.15) is 0 Å². The van der Waals surface area contributed by atoms with Crippen LogP contribution in [0, 0.1) is 0 Å². The van der Waals surface area contributed by atoms with Gasteiger partial charge in [-0.1, -0.05) is 38.9 Å². The number of nitrogens with zero attached hydrogens (tertiary/aromatic N) is 1. The van der Waals surface area contributed by atoms with Crippen molar-refractivity contribution in [3.63, 3.8) is 0 Å². The molecule has 1 heterocycles. The minimum Gasteiger partial charge on any atom is -0.464 e. The van der Waals surface area contributed by atoms with Gasteiger partial charge in [0.2, 0.25) is 0 Å². The second kappa shape index (κ2) is 5.26. The van der Waals surface area contributed by atoms with Crippen molar-refractivity contribution in [2.45, 2.75) is 0 Å². The lowest BCUT2D eigenvalue weighted by molar-refractivity contribution is 0.0596. The third-order valence-electron chi connectivity index (χ3n) is 2.19. The molecule has 0 unspecified atom stereocenters. The van der Waals surface area contributed by atoms with Crippen LogP contribution >= 0.6 is 38.9 Å². The van der Waals surface area contributed by atoms with Gasteiger partial charge in [0, 0.05) is 15.1 Å². The summed E-state index contributed by atoms with van der Waals surface area (Å²) in [5.74, 6) is -0.548. The van der Waals surface area contributed by atoms with Crippen LogP contribution in [0.5, 0.6) is 0 Å².